The number of likely N-dealkylation sites (N-methyl/N-ethyl adjacent to an activating group) is 1. The first kappa shape index (κ1) is 11.0. The van der Waals surface area contributed by atoms with Gasteiger partial charge >= 0.3 is 0 Å². The van der Waals surface area contributed by atoms with E-state index in [1.54, 1.807) is 7.11 Å². The lowest BCUT2D eigenvalue weighted by Gasteiger charge is -2.49. The first-order chi connectivity index (χ1) is 6.29. The molecule has 0 aromatic heterocycles. The summed E-state index contributed by atoms with van der Waals surface area (Å²) in [6.07, 6.45) is 3.86. The lowest BCUT2D eigenvalue weighted by molar-refractivity contribution is 0.00969. The van der Waals surface area contributed by atoms with Crippen molar-refractivity contribution in [2.75, 3.05) is 33.4 Å². The van der Waals surface area contributed by atoms with Gasteiger partial charge in [-0.2, -0.15) is 0 Å². The van der Waals surface area contributed by atoms with Crippen LogP contribution in [0.5, 0.6) is 0 Å². The maximum absolute atomic E-state index is 5.83. The zero-order chi connectivity index (χ0) is 9.73. The van der Waals surface area contributed by atoms with Gasteiger partial charge < -0.3 is 10.5 Å². The van der Waals surface area contributed by atoms with E-state index < -0.39 is 0 Å². The molecule has 1 aliphatic rings. The minimum atomic E-state index is 0.313. The first-order valence-electron chi connectivity index (χ1n) is 5.23. The molecule has 0 aromatic carbocycles. The largest absolute Gasteiger partial charge is 0.383 e. The highest BCUT2D eigenvalue weighted by Gasteiger charge is 2.39. The van der Waals surface area contributed by atoms with E-state index in [4.69, 9.17) is 10.5 Å². The molecule has 78 valence electrons. The highest BCUT2D eigenvalue weighted by Crippen LogP contribution is 2.36. The van der Waals surface area contributed by atoms with Crippen molar-refractivity contribution >= 4 is 0 Å². The Hall–Kier alpha value is -0.120. The average molecular weight is 186 g/mol. The van der Waals surface area contributed by atoms with Crippen LogP contribution in [0, 0.1) is 0 Å². The van der Waals surface area contributed by atoms with E-state index in [1.165, 1.54) is 19.3 Å². The number of hydrogen-bond acceptors (Lipinski definition) is 3. The maximum atomic E-state index is 5.83. The summed E-state index contributed by atoms with van der Waals surface area (Å²) < 4.78 is 5.10. The van der Waals surface area contributed by atoms with E-state index in [0.29, 0.717) is 5.54 Å². The normalized spacial score (nSPS) is 20.3. The molecule has 0 heterocycles. The molecule has 0 aromatic rings. The van der Waals surface area contributed by atoms with Gasteiger partial charge in [-0.05, 0) is 25.8 Å². The third-order valence-electron chi connectivity index (χ3n) is 3.28. The molecule has 2 N–H and O–H groups in total. The molecule has 0 radical (unpaired) electrons. The third-order valence-corrected chi connectivity index (χ3v) is 3.28. The molecular formula is C10H22N2O. The zero-order valence-corrected chi connectivity index (χ0v) is 8.88. The Kier molecular flexibility index (Phi) is 4.16. The highest BCUT2D eigenvalue weighted by molar-refractivity contribution is 4.98. The Morgan fingerprint density at radius 1 is 1.46 bits per heavy atom. The van der Waals surface area contributed by atoms with Gasteiger partial charge in [0.25, 0.3) is 0 Å². The molecule has 1 aliphatic carbocycles. The Morgan fingerprint density at radius 3 is 2.46 bits per heavy atom. The monoisotopic (exact) mass is 186 g/mol. The minimum Gasteiger partial charge on any atom is -0.383 e. The topological polar surface area (TPSA) is 38.5 Å². The van der Waals surface area contributed by atoms with Crippen LogP contribution in [0.2, 0.25) is 0 Å². The number of rotatable bonds is 6. The summed E-state index contributed by atoms with van der Waals surface area (Å²) in [6, 6.07) is 0. The van der Waals surface area contributed by atoms with Crippen LogP contribution in [0.3, 0.4) is 0 Å². The van der Waals surface area contributed by atoms with E-state index in [0.717, 1.165) is 26.2 Å². The van der Waals surface area contributed by atoms with Crippen molar-refractivity contribution in [2.24, 2.45) is 5.73 Å². The number of hydrogen-bond donors (Lipinski definition) is 1. The van der Waals surface area contributed by atoms with E-state index in [2.05, 4.69) is 11.8 Å². The van der Waals surface area contributed by atoms with Gasteiger partial charge in [-0.15, -0.1) is 0 Å². The fraction of sp³-hybridized carbons (Fsp3) is 1.00. The summed E-state index contributed by atoms with van der Waals surface area (Å²) in [5.41, 5.74) is 6.15. The van der Waals surface area contributed by atoms with Gasteiger partial charge in [-0.25, -0.2) is 0 Å². The fourth-order valence-corrected chi connectivity index (χ4v) is 2.17. The molecule has 0 atom stereocenters. The predicted octanol–water partition coefficient (Wildman–Crippen LogP) is 0.836. The second-order valence-electron chi connectivity index (χ2n) is 3.85. The van der Waals surface area contributed by atoms with Gasteiger partial charge in [0.2, 0.25) is 0 Å². The second-order valence-corrected chi connectivity index (χ2v) is 3.85. The number of nitrogens with zero attached hydrogens (tertiary/aromatic N) is 1. The molecule has 3 heteroatoms. The quantitative estimate of drug-likeness (QED) is 0.668. The molecule has 0 aliphatic heterocycles. The van der Waals surface area contributed by atoms with E-state index >= 15 is 0 Å². The van der Waals surface area contributed by atoms with Crippen LogP contribution >= 0.6 is 0 Å². The zero-order valence-electron chi connectivity index (χ0n) is 8.88. The SMILES string of the molecule is CCN(CCOC)C1(CN)CCC1. The fourth-order valence-electron chi connectivity index (χ4n) is 2.17. The second kappa shape index (κ2) is 4.94. The Balaban J connectivity index is 2.43. The van der Waals surface area contributed by atoms with Gasteiger partial charge in [-0.3, -0.25) is 4.90 Å². The summed E-state index contributed by atoms with van der Waals surface area (Å²) >= 11 is 0. The van der Waals surface area contributed by atoms with Crippen LogP contribution in [-0.4, -0.2) is 43.8 Å². The number of ether oxygens (including phenoxy) is 1. The van der Waals surface area contributed by atoms with E-state index in [1.807, 2.05) is 0 Å². The number of methoxy groups -OCH3 is 1. The van der Waals surface area contributed by atoms with Gasteiger partial charge in [-0.1, -0.05) is 6.92 Å². The Morgan fingerprint density at radius 2 is 2.15 bits per heavy atom. The molecule has 3 nitrogen and oxygen atoms in total. The molecule has 1 rings (SSSR count). The van der Waals surface area contributed by atoms with Crippen LogP contribution in [0.15, 0.2) is 0 Å². The molecule has 0 spiro atoms. The molecule has 0 saturated heterocycles. The molecule has 0 amide bonds. The van der Waals surface area contributed by atoms with Gasteiger partial charge in [0.15, 0.2) is 0 Å². The van der Waals surface area contributed by atoms with Crippen molar-refractivity contribution in [3.8, 4) is 0 Å². The van der Waals surface area contributed by atoms with E-state index in [-0.39, 0.29) is 0 Å². The predicted molar refractivity (Wildman–Crippen MR) is 54.8 cm³/mol. The molecule has 1 fully saturated rings. The molecule has 0 bridgehead atoms. The average Bonchev–Trinajstić information content (AvgIpc) is 2.09. The summed E-state index contributed by atoms with van der Waals surface area (Å²) in [5, 5.41) is 0. The lowest BCUT2D eigenvalue weighted by Crippen LogP contribution is -2.59. The van der Waals surface area contributed by atoms with Gasteiger partial charge in [0.05, 0.1) is 6.61 Å². The Bertz CT molecular complexity index is 140. The van der Waals surface area contributed by atoms with Crippen molar-refractivity contribution in [3.05, 3.63) is 0 Å². The van der Waals surface area contributed by atoms with E-state index in [9.17, 15) is 0 Å². The summed E-state index contributed by atoms with van der Waals surface area (Å²) in [7, 11) is 1.75. The van der Waals surface area contributed by atoms with Crippen molar-refractivity contribution in [3.63, 3.8) is 0 Å². The first-order valence-corrected chi connectivity index (χ1v) is 5.23. The highest BCUT2D eigenvalue weighted by atomic mass is 16.5. The third kappa shape index (κ3) is 2.22. The molecular weight excluding hydrogens is 164 g/mol. The maximum Gasteiger partial charge on any atom is 0.0589 e. The van der Waals surface area contributed by atoms with Gasteiger partial charge in [0, 0.05) is 25.7 Å². The Labute approximate surface area is 81.2 Å². The summed E-state index contributed by atoms with van der Waals surface area (Å²) in [4.78, 5) is 2.47. The van der Waals surface area contributed by atoms with Crippen LogP contribution in [0.1, 0.15) is 26.2 Å². The standard InChI is InChI=1S/C10H22N2O/c1-3-12(7-8-13-2)10(9-11)5-4-6-10/h3-9,11H2,1-2H3. The van der Waals surface area contributed by atoms with Crippen LogP contribution in [0.25, 0.3) is 0 Å². The molecule has 0 unspecified atom stereocenters. The van der Waals surface area contributed by atoms with Crippen molar-refractivity contribution < 1.29 is 4.74 Å². The molecule has 13 heavy (non-hydrogen) atoms. The lowest BCUT2D eigenvalue weighted by atomic mass is 9.75. The van der Waals surface area contributed by atoms with Crippen LogP contribution in [0.4, 0.5) is 0 Å². The molecule has 1 saturated carbocycles. The number of nitrogens with two attached hydrogens (primary N) is 1. The minimum absolute atomic E-state index is 0.313. The van der Waals surface area contributed by atoms with Gasteiger partial charge in [0.1, 0.15) is 0 Å². The summed E-state index contributed by atoms with van der Waals surface area (Å²) in [6.45, 7) is 5.91. The van der Waals surface area contributed by atoms with Crippen molar-refractivity contribution in [1.82, 2.24) is 4.90 Å². The van der Waals surface area contributed by atoms with Crippen molar-refractivity contribution in [1.29, 1.82) is 0 Å². The van der Waals surface area contributed by atoms with Crippen LogP contribution < -0.4 is 5.73 Å². The van der Waals surface area contributed by atoms with Crippen LogP contribution in [-0.2, 0) is 4.74 Å². The summed E-state index contributed by atoms with van der Waals surface area (Å²) in [5.74, 6) is 0. The smallest absolute Gasteiger partial charge is 0.0589 e. The van der Waals surface area contributed by atoms with Crippen molar-refractivity contribution in [2.45, 2.75) is 31.7 Å².